The SMILES string of the molecule is C[Si](C)(C)OCCN(CCO[Si](C)(C)C)c1ccc(OCc2ccccc2)cc1. The molecule has 0 unspecified atom stereocenters. The Balaban J connectivity index is 1.96. The summed E-state index contributed by atoms with van der Waals surface area (Å²) in [5, 5.41) is 0. The molecule has 4 nitrogen and oxygen atoms in total. The summed E-state index contributed by atoms with van der Waals surface area (Å²) in [6.45, 7) is 17.2. The first-order valence-electron chi connectivity index (χ1n) is 10.4. The minimum Gasteiger partial charge on any atom is -0.489 e. The van der Waals surface area contributed by atoms with Crippen molar-refractivity contribution in [3.63, 3.8) is 0 Å². The molecule has 160 valence electrons. The van der Waals surface area contributed by atoms with Gasteiger partial charge in [-0.2, -0.15) is 0 Å². The van der Waals surface area contributed by atoms with Crippen LogP contribution in [0.5, 0.6) is 5.75 Å². The lowest BCUT2D eigenvalue weighted by Gasteiger charge is -2.28. The van der Waals surface area contributed by atoms with E-state index in [2.05, 4.69) is 68.4 Å². The highest BCUT2D eigenvalue weighted by atomic mass is 28.4. The molecule has 0 N–H and O–H groups in total. The molecule has 0 atom stereocenters. The van der Waals surface area contributed by atoms with Crippen molar-refractivity contribution in [2.24, 2.45) is 0 Å². The normalized spacial score (nSPS) is 12.1. The Morgan fingerprint density at radius 3 is 1.69 bits per heavy atom. The molecule has 0 spiro atoms. The fraction of sp³-hybridized carbons (Fsp3) is 0.478. The lowest BCUT2D eigenvalue weighted by Crippen LogP contribution is -2.37. The van der Waals surface area contributed by atoms with Crippen LogP contribution in [-0.4, -0.2) is 42.9 Å². The van der Waals surface area contributed by atoms with Crippen molar-refractivity contribution in [3.05, 3.63) is 60.2 Å². The van der Waals surface area contributed by atoms with Crippen molar-refractivity contribution >= 4 is 22.3 Å². The minimum atomic E-state index is -1.51. The van der Waals surface area contributed by atoms with E-state index in [4.69, 9.17) is 13.6 Å². The van der Waals surface area contributed by atoms with Gasteiger partial charge in [0, 0.05) is 18.8 Å². The average Bonchev–Trinajstić information content (AvgIpc) is 2.65. The highest BCUT2D eigenvalue weighted by Gasteiger charge is 2.17. The van der Waals surface area contributed by atoms with Crippen LogP contribution in [0.3, 0.4) is 0 Å². The number of ether oxygens (including phenoxy) is 1. The van der Waals surface area contributed by atoms with Crippen molar-refractivity contribution < 1.29 is 13.6 Å². The van der Waals surface area contributed by atoms with Gasteiger partial charge in [0.15, 0.2) is 16.6 Å². The van der Waals surface area contributed by atoms with E-state index in [1.807, 2.05) is 30.3 Å². The molecule has 0 aliphatic carbocycles. The van der Waals surface area contributed by atoms with Gasteiger partial charge >= 0.3 is 0 Å². The Kier molecular flexibility index (Phi) is 8.95. The predicted octanol–water partition coefficient (Wildman–Crippen LogP) is 5.78. The van der Waals surface area contributed by atoms with E-state index in [1.165, 1.54) is 11.3 Å². The van der Waals surface area contributed by atoms with Crippen LogP contribution in [0.1, 0.15) is 5.56 Å². The van der Waals surface area contributed by atoms with Crippen LogP contribution in [-0.2, 0) is 15.5 Å². The zero-order valence-corrected chi connectivity index (χ0v) is 20.9. The number of hydrogen-bond donors (Lipinski definition) is 0. The molecule has 0 heterocycles. The van der Waals surface area contributed by atoms with Gasteiger partial charge < -0.3 is 18.5 Å². The topological polar surface area (TPSA) is 30.9 Å². The molecule has 2 aromatic rings. The first-order chi connectivity index (χ1) is 13.6. The zero-order valence-electron chi connectivity index (χ0n) is 18.9. The van der Waals surface area contributed by atoms with Gasteiger partial charge in [-0.25, -0.2) is 0 Å². The maximum Gasteiger partial charge on any atom is 0.183 e. The second kappa shape index (κ2) is 11.0. The molecule has 0 fully saturated rings. The standard InChI is InChI=1S/C23H37NO3Si2/c1-28(2,3)26-18-16-24(17-19-27-29(4,5)6)22-12-14-23(15-13-22)25-20-21-10-8-7-9-11-21/h7-15H,16-20H2,1-6H3. The summed E-state index contributed by atoms with van der Waals surface area (Å²) in [5.74, 6) is 0.884. The van der Waals surface area contributed by atoms with E-state index in [0.717, 1.165) is 32.1 Å². The van der Waals surface area contributed by atoms with Gasteiger partial charge in [0.05, 0.1) is 13.2 Å². The maximum absolute atomic E-state index is 6.08. The van der Waals surface area contributed by atoms with Crippen LogP contribution in [0.25, 0.3) is 0 Å². The molecule has 0 radical (unpaired) electrons. The first-order valence-corrected chi connectivity index (χ1v) is 17.2. The fourth-order valence-electron chi connectivity index (χ4n) is 2.79. The van der Waals surface area contributed by atoms with Gasteiger partial charge in [-0.3, -0.25) is 0 Å². The summed E-state index contributed by atoms with van der Waals surface area (Å²) in [6.07, 6.45) is 0. The molecular formula is C23H37NO3Si2. The quantitative estimate of drug-likeness (QED) is 0.399. The molecule has 0 saturated heterocycles. The third-order valence-corrected chi connectivity index (χ3v) is 6.38. The molecule has 0 saturated carbocycles. The zero-order chi connectivity index (χ0) is 21.3. The number of hydrogen-bond acceptors (Lipinski definition) is 4. The second-order valence-electron chi connectivity index (χ2n) is 9.18. The second-order valence-corrected chi connectivity index (χ2v) is 18.2. The number of anilines is 1. The summed E-state index contributed by atoms with van der Waals surface area (Å²) in [6, 6.07) is 18.6. The van der Waals surface area contributed by atoms with E-state index in [9.17, 15) is 0 Å². The molecule has 0 bridgehead atoms. The van der Waals surface area contributed by atoms with Crippen molar-refractivity contribution in [1.82, 2.24) is 0 Å². The van der Waals surface area contributed by atoms with Gasteiger partial charge in [-0.05, 0) is 69.1 Å². The highest BCUT2D eigenvalue weighted by Crippen LogP contribution is 2.21. The molecule has 2 rings (SSSR count). The summed E-state index contributed by atoms with van der Waals surface area (Å²) in [5.41, 5.74) is 2.35. The maximum atomic E-state index is 6.08. The average molecular weight is 432 g/mol. The van der Waals surface area contributed by atoms with Gasteiger partial charge in [-0.1, -0.05) is 30.3 Å². The molecule has 0 aliphatic rings. The Morgan fingerprint density at radius 1 is 0.690 bits per heavy atom. The van der Waals surface area contributed by atoms with E-state index in [1.54, 1.807) is 0 Å². The van der Waals surface area contributed by atoms with Crippen LogP contribution < -0.4 is 9.64 Å². The molecular weight excluding hydrogens is 394 g/mol. The molecule has 0 aliphatic heterocycles. The van der Waals surface area contributed by atoms with Gasteiger partial charge in [-0.15, -0.1) is 0 Å². The van der Waals surface area contributed by atoms with Gasteiger partial charge in [0.25, 0.3) is 0 Å². The number of benzene rings is 2. The summed E-state index contributed by atoms with van der Waals surface area (Å²) in [7, 11) is -3.02. The molecule has 6 heteroatoms. The fourth-order valence-corrected chi connectivity index (χ4v) is 4.20. The molecule has 0 amide bonds. The Labute approximate surface area is 179 Å². The summed E-state index contributed by atoms with van der Waals surface area (Å²) < 4.78 is 18.1. The third-order valence-electron chi connectivity index (χ3n) is 4.24. The van der Waals surface area contributed by atoms with E-state index >= 15 is 0 Å². The number of nitrogens with zero attached hydrogens (tertiary/aromatic N) is 1. The van der Waals surface area contributed by atoms with Crippen LogP contribution in [0, 0.1) is 0 Å². The Bertz CT molecular complexity index is 690. The van der Waals surface area contributed by atoms with Crippen LogP contribution in [0.15, 0.2) is 54.6 Å². The van der Waals surface area contributed by atoms with Crippen molar-refractivity contribution in [3.8, 4) is 5.75 Å². The summed E-state index contributed by atoms with van der Waals surface area (Å²) >= 11 is 0. The van der Waals surface area contributed by atoms with E-state index in [-0.39, 0.29) is 0 Å². The molecule has 2 aromatic carbocycles. The van der Waals surface area contributed by atoms with E-state index in [0.29, 0.717) is 6.61 Å². The lowest BCUT2D eigenvalue weighted by atomic mass is 10.2. The monoisotopic (exact) mass is 431 g/mol. The Hall–Kier alpha value is -1.61. The molecule has 29 heavy (non-hydrogen) atoms. The van der Waals surface area contributed by atoms with Crippen molar-refractivity contribution in [2.75, 3.05) is 31.2 Å². The van der Waals surface area contributed by atoms with Crippen molar-refractivity contribution in [2.45, 2.75) is 45.9 Å². The largest absolute Gasteiger partial charge is 0.489 e. The van der Waals surface area contributed by atoms with Crippen LogP contribution in [0.4, 0.5) is 5.69 Å². The van der Waals surface area contributed by atoms with Crippen molar-refractivity contribution in [1.29, 1.82) is 0 Å². The minimum absolute atomic E-state index is 0.581. The van der Waals surface area contributed by atoms with Gasteiger partial charge in [0.1, 0.15) is 12.4 Å². The smallest absolute Gasteiger partial charge is 0.183 e. The van der Waals surface area contributed by atoms with E-state index < -0.39 is 16.6 Å². The first kappa shape index (κ1) is 23.7. The Morgan fingerprint density at radius 2 is 1.21 bits per heavy atom. The summed E-state index contributed by atoms with van der Waals surface area (Å²) in [4.78, 5) is 2.35. The van der Waals surface area contributed by atoms with Crippen LogP contribution >= 0.6 is 0 Å². The third kappa shape index (κ3) is 10.1. The predicted molar refractivity (Wildman–Crippen MR) is 128 cm³/mol. The lowest BCUT2D eigenvalue weighted by molar-refractivity contribution is 0.297. The molecule has 0 aromatic heterocycles. The number of rotatable bonds is 12. The highest BCUT2D eigenvalue weighted by molar-refractivity contribution is 6.70. The van der Waals surface area contributed by atoms with Gasteiger partial charge in [0.2, 0.25) is 0 Å². The van der Waals surface area contributed by atoms with Crippen LogP contribution in [0.2, 0.25) is 39.3 Å².